The Hall–Kier alpha value is -0.970. The Morgan fingerprint density at radius 3 is 2.62 bits per heavy atom. The summed E-state index contributed by atoms with van der Waals surface area (Å²) in [6.07, 6.45) is 3.74. The minimum atomic E-state index is -0.188. The van der Waals surface area contributed by atoms with Gasteiger partial charge in [-0.3, -0.25) is 0 Å². The van der Waals surface area contributed by atoms with E-state index in [4.69, 9.17) is 28.3 Å². The lowest BCUT2D eigenvalue weighted by Gasteiger charge is -2.34. The lowest BCUT2D eigenvalue weighted by atomic mass is 9.86. The highest BCUT2D eigenvalue weighted by molar-refractivity contribution is 6.35. The van der Waals surface area contributed by atoms with Gasteiger partial charge in [-0.25, -0.2) is 4.79 Å². The molecule has 1 aliphatic carbocycles. The highest BCUT2D eigenvalue weighted by atomic mass is 35.5. The molecule has 2 N–H and O–H groups in total. The predicted molar refractivity (Wildman–Crippen MR) is 86.1 cm³/mol. The van der Waals surface area contributed by atoms with E-state index < -0.39 is 0 Å². The normalized spacial score (nSPS) is 21.9. The number of rotatable bonds is 3. The number of carbonyl (C=O) groups excluding carboxylic acids is 1. The molecule has 4 nitrogen and oxygen atoms in total. The first kappa shape index (κ1) is 16.4. The number of benzene rings is 1. The fraction of sp³-hybridized carbons (Fsp3) is 0.533. The van der Waals surface area contributed by atoms with Crippen LogP contribution in [0, 0.1) is 5.92 Å². The van der Waals surface area contributed by atoms with Crippen LogP contribution in [-0.4, -0.2) is 35.7 Å². The van der Waals surface area contributed by atoms with E-state index in [1.54, 1.807) is 30.1 Å². The minimum Gasteiger partial charge on any atom is -0.396 e. The molecule has 1 aliphatic rings. The van der Waals surface area contributed by atoms with Crippen LogP contribution >= 0.6 is 23.2 Å². The third-order valence-electron chi connectivity index (χ3n) is 4.11. The van der Waals surface area contributed by atoms with Gasteiger partial charge in [-0.05, 0) is 49.8 Å². The average molecular weight is 331 g/mol. The van der Waals surface area contributed by atoms with Crippen molar-refractivity contribution in [3.63, 3.8) is 0 Å². The van der Waals surface area contributed by atoms with Crippen LogP contribution in [0.4, 0.5) is 10.5 Å². The van der Waals surface area contributed by atoms with Gasteiger partial charge in [0.2, 0.25) is 0 Å². The summed E-state index contributed by atoms with van der Waals surface area (Å²) in [7, 11) is 1.79. The number of halogens is 2. The van der Waals surface area contributed by atoms with E-state index in [0.717, 1.165) is 25.7 Å². The van der Waals surface area contributed by atoms with Gasteiger partial charge in [-0.1, -0.05) is 23.2 Å². The SMILES string of the molecule is CN(C(=O)Nc1cc(Cl)ccc1Cl)C1CCC(CO)CC1. The first-order valence-corrected chi connectivity index (χ1v) is 7.86. The van der Waals surface area contributed by atoms with E-state index in [1.807, 2.05) is 0 Å². The van der Waals surface area contributed by atoms with E-state index in [0.29, 0.717) is 21.7 Å². The van der Waals surface area contributed by atoms with Gasteiger partial charge >= 0.3 is 6.03 Å². The van der Waals surface area contributed by atoms with Crippen LogP contribution in [0.1, 0.15) is 25.7 Å². The number of nitrogens with zero attached hydrogens (tertiary/aromatic N) is 1. The Kier molecular flexibility index (Phi) is 5.73. The maximum atomic E-state index is 12.3. The zero-order chi connectivity index (χ0) is 15.4. The van der Waals surface area contributed by atoms with Crippen molar-refractivity contribution in [1.82, 2.24) is 4.90 Å². The molecule has 1 fully saturated rings. The molecule has 0 aromatic heterocycles. The molecule has 2 amide bonds. The number of aliphatic hydroxyl groups is 1. The first-order chi connectivity index (χ1) is 10.0. The molecule has 0 saturated heterocycles. The Bertz CT molecular complexity index is 502. The van der Waals surface area contributed by atoms with Crippen molar-refractivity contribution in [3.8, 4) is 0 Å². The molecule has 0 heterocycles. The second kappa shape index (κ2) is 7.34. The molecule has 1 saturated carbocycles. The van der Waals surface area contributed by atoms with Crippen molar-refractivity contribution in [2.24, 2.45) is 5.92 Å². The molecule has 0 aliphatic heterocycles. The molecule has 6 heteroatoms. The summed E-state index contributed by atoms with van der Waals surface area (Å²) in [5, 5.41) is 12.9. The number of aliphatic hydroxyl groups excluding tert-OH is 1. The standard InChI is InChI=1S/C15H20Cl2N2O2/c1-19(12-5-2-10(9-20)3-6-12)15(21)18-14-8-11(16)4-7-13(14)17/h4,7-8,10,12,20H,2-3,5-6,9H2,1H3,(H,18,21). The Morgan fingerprint density at radius 2 is 2.00 bits per heavy atom. The van der Waals surface area contributed by atoms with E-state index in [-0.39, 0.29) is 18.7 Å². The monoisotopic (exact) mass is 330 g/mol. The lowest BCUT2D eigenvalue weighted by molar-refractivity contribution is 0.139. The molecule has 1 aromatic carbocycles. The van der Waals surface area contributed by atoms with E-state index in [9.17, 15) is 4.79 Å². The predicted octanol–water partition coefficient (Wildman–Crippen LogP) is 4.01. The van der Waals surface area contributed by atoms with Crippen LogP contribution in [0.25, 0.3) is 0 Å². The summed E-state index contributed by atoms with van der Waals surface area (Å²) in [6, 6.07) is 4.99. The van der Waals surface area contributed by atoms with Crippen LogP contribution in [0.5, 0.6) is 0 Å². The van der Waals surface area contributed by atoms with Crippen LogP contribution in [0.3, 0.4) is 0 Å². The summed E-state index contributed by atoms with van der Waals surface area (Å²) in [5.74, 6) is 0.375. The maximum absolute atomic E-state index is 12.3. The van der Waals surface area contributed by atoms with Crippen molar-refractivity contribution in [3.05, 3.63) is 28.2 Å². The molecule has 1 aromatic rings. The molecule has 0 unspecified atom stereocenters. The van der Waals surface area contributed by atoms with Crippen molar-refractivity contribution in [1.29, 1.82) is 0 Å². The van der Waals surface area contributed by atoms with Gasteiger partial charge in [0.25, 0.3) is 0 Å². The molecule has 2 rings (SSSR count). The zero-order valence-corrected chi connectivity index (χ0v) is 13.5. The number of urea groups is 1. The van der Waals surface area contributed by atoms with Gasteiger partial charge in [0.15, 0.2) is 0 Å². The van der Waals surface area contributed by atoms with Crippen LogP contribution in [0.2, 0.25) is 10.0 Å². The smallest absolute Gasteiger partial charge is 0.321 e. The van der Waals surface area contributed by atoms with Crippen molar-refractivity contribution in [2.75, 3.05) is 19.0 Å². The summed E-state index contributed by atoms with van der Waals surface area (Å²) in [6.45, 7) is 0.237. The van der Waals surface area contributed by atoms with Crippen molar-refractivity contribution < 1.29 is 9.90 Å². The number of carbonyl (C=O) groups is 1. The summed E-state index contributed by atoms with van der Waals surface area (Å²) < 4.78 is 0. The average Bonchev–Trinajstić information content (AvgIpc) is 2.50. The van der Waals surface area contributed by atoms with E-state index >= 15 is 0 Å². The van der Waals surface area contributed by atoms with Gasteiger partial charge in [0.05, 0.1) is 10.7 Å². The zero-order valence-electron chi connectivity index (χ0n) is 12.0. The Morgan fingerprint density at radius 1 is 1.33 bits per heavy atom. The topological polar surface area (TPSA) is 52.6 Å². The fourth-order valence-corrected chi connectivity index (χ4v) is 3.01. The third kappa shape index (κ3) is 4.25. The molecule has 0 radical (unpaired) electrons. The first-order valence-electron chi connectivity index (χ1n) is 7.11. The van der Waals surface area contributed by atoms with Crippen LogP contribution in [-0.2, 0) is 0 Å². The van der Waals surface area contributed by atoms with Gasteiger partial charge in [-0.2, -0.15) is 0 Å². The summed E-state index contributed by atoms with van der Waals surface area (Å²) >= 11 is 12.0. The molecule has 0 atom stereocenters. The number of hydrogen-bond acceptors (Lipinski definition) is 2. The third-order valence-corrected chi connectivity index (χ3v) is 4.68. The summed E-state index contributed by atoms with van der Waals surface area (Å²) in [4.78, 5) is 14.0. The fourth-order valence-electron chi connectivity index (χ4n) is 2.68. The molecular weight excluding hydrogens is 311 g/mol. The molecule has 0 spiro atoms. The van der Waals surface area contributed by atoms with E-state index in [1.165, 1.54) is 0 Å². The second-order valence-corrected chi connectivity index (χ2v) is 6.37. The van der Waals surface area contributed by atoms with Crippen LogP contribution in [0.15, 0.2) is 18.2 Å². The highest BCUT2D eigenvalue weighted by Gasteiger charge is 2.26. The van der Waals surface area contributed by atoms with Crippen molar-refractivity contribution in [2.45, 2.75) is 31.7 Å². The van der Waals surface area contributed by atoms with Crippen molar-refractivity contribution >= 4 is 34.9 Å². The minimum absolute atomic E-state index is 0.188. The molecule has 21 heavy (non-hydrogen) atoms. The Balaban J connectivity index is 1.95. The van der Waals surface area contributed by atoms with Gasteiger partial charge in [-0.15, -0.1) is 0 Å². The second-order valence-electron chi connectivity index (χ2n) is 5.52. The number of anilines is 1. The Labute approximate surface area is 135 Å². The van der Waals surface area contributed by atoms with Crippen LogP contribution < -0.4 is 5.32 Å². The lowest BCUT2D eigenvalue weighted by Crippen LogP contribution is -2.42. The maximum Gasteiger partial charge on any atom is 0.321 e. The van der Waals surface area contributed by atoms with E-state index in [2.05, 4.69) is 5.32 Å². The van der Waals surface area contributed by atoms with Gasteiger partial charge < -0.3 is 15.3 Å². The number of amides is 2. The molecule has 0 bridgehead atoms. The molecule has 116 valence electrons. The highest BCUT2D eigenvalue weighted by Crippen LogP contribution is 2.28. The number of nitrogens with one attached hydrogen (secondary N) is 1. The quantitative estimate of drug-likeness (QED) is 0.879. The van der Waals surface area contributed by atoms with Gasteiger partial charge in [0, 0.05) is 24.7 Å². The summed E-state index contributed by atoms with van der Waals surface area (Å²) in [5.41, 5.74) is 0.519. The number of hydrogen-bond donors (Lipinski definition) is 2. The largest absolute Gasteiger partial charge is 0.396 e. The molecular formula is C15H20Cl2N2O2. The van der Waals surface area contributed by atoms with Gasteiger partial charge in [0.1, 0.15) is 0 Å².